The first kappa shape index (κ1) is 18.1. The molecule has 1 aromatic rings. The molecule has 0 saturated heterocycles. The maximum absolute atomic E-state index is 11.2. The van der Waals surface area contributed by atoms with Gasteiger partial charge in [0.15, 0.2) is 11.4 Å². The normalized spacial score (nSPS) is 11.4. The van der Waals surface area contributed by atoms with Crippen LogP contribution in [0.5, 0.6) is 0 Å². The molecule has 21 heavy (non-hydrogen) atoms. The number of anilines is 1. The quantitative estimate of drug-likeness (QED) is 0.618. The molecule has 0 aromatic carbocycles. The van der Waals surface area contributed by atoms with Crippen molar-refractivity contribution < 1.29 is 4.79 Å². The number of aldehydes is 1. The van der Waals surface area contributed by atoms with Crippen molar-refractivity contribution in [3.05, 3.63) is 10.6 Å². The Morgan fingerprint density at radius 3 is 2.24 bits per heavy atom. The minimum absolute atomic E-state index is 0.296. The van der Waals surface area contributed by atoms with E-state index in [0.717, 1.165) is 61.1 Å². The van der Waals surface area contributed by atoms with Gasteiger partial charge in [0.25, 0.3) is 0 Å². The average molecular weight is 311 g/mol. The predicted octanol–water partition coefficient (Wildman–Crippen LogP) is 3.64. The van der Waals surface area contributed by atoms with E-state index < -0.39 is 0 Å². The lowest BCUT2D eigenvalue weighted by molar-refractivity contribution is 0.112. The molecule has 0 bridgehead atoms. The van der Waals surface area contributed by atoms with Crippen LogP contribution >= 0.6 is 11.3 Å². The van der Waals surface area contributed by atoms with Crippen molar-refractivity contribution in [2.45, 2.75) is 47.0 Å². The fourth-order valence-electron chi connectivity index (χ4n) is 2.38. The molecule has 0 aliphatic carbocycles. The largest absolute Gasteiger partial charge is 0.348 e. The zero-order valence-electron chi connectivity index (χ0n) is 14.1. The summed E-state index contributed by atoms with van der Waals surface area (Å²) in [6.45, 7) is 16.0. The van der Waals surface area contributed by atoms with Crippen LogP contribution in [-0.4, -0.2) is 48.9 Å². The molecule has 120 valence electrons. The number of carbonyl (C=O) groups excluding carboxylic acids is 1. The van der Waals surface area contributed by atoms with E-state index in [-0.39, 0.29) is 0 Å². The topological polar surface area (TPSA) is 36.4 Å². The van der Waals surface area contributed by atoms with Crippen LogP contribution in [0.25, 0.3) is 0 Å². The van der Waals surface area contributed by atoms with Crippen molar-refractivity contribution in [3.8, 4) is 0 Å². The molecule has 0 fully saturated rings. The maximum atomic E-state index is 11.2. The zero-order valence-corrected chi connectivity index (χ0v) is 14.9. The minimum Gasteiger partial charge on any atom is -0.348 e. The summed E-state index contributed by atoms with van der Waals surface area (Å²) in [6, 6.07) is 0. The Balaban J connectivity index is 2.69. The monoisotopic (exact) mass is 311 g/mol. The molecule has 5 heteroatoms. The van der Waals surface area contributed by atoms with Gasteiger partial charge in [-0.15, -0.1) is 0 Å². The Hall–Kier alpha value is -0.940. The summed E-state index contributed by atoms with van der Waals surface area (Å²) >= 11 is 1.52. The highest BCUT2D eigenvalue weighted by Crippen LogP contribution is 2.29. The molecule has 0 aliphatic heterocycles. The van der Waals surface area contributed by atoms with Gasteiger partial charge in [-0.1, -0.05) is 39.0 Å². The molecular formula is C16H29N3OS. The SMILES string of the molecule is CCN(CC)CCCN(CC)c1nc(C(C)C)c(C=O)s1. The lowest BCUT2D eigenvalue weighted by Crippen LogP contribution is -2.29. The highest BCUT2D eigenvalue weighted by Gasteiger charge is 2.17. The molecule has 0 spiro atoms. The lowest BCUT2D eigenvalue weighted by atomic mass is 10.1. The van der Waals surface area contributed by atoms with Gasteiger partial charge < -0.3 is 9.80 Å². The first-order valence-electron chi connectivity index (χ1n) is 8.00. The Kier molecular flexibility index (Phi) is 7.89. The predicted molar refractivity (Wildman–Crippen MR) is 91.9 cm³/mol. The van der Waals surface area contributed by atoms with Gasteiger partial charge in [-0.05, 0) is 38.9 Å². The molecule has 0 aliphatic rings. The molecule has 0 amide bonds. The third kappa shape index (κ3) is 5.08. The molecule has 0 radical (unpaired) electrons. The first-order chi connectivity index (χ1) is 10.1. The summed E-state index contributed by atoms with van der Waals surface area (Å²) < 4.78 is 0. The van der Waals surface area contributed by atoms with Gasteiger partial charge >= 0.3 is 0 Å². The van der Waals surface area contributed by atoms with Crippen molar-refractivity contribution in [2.75, 3.05) is 37.6 Å². The molecule has 0 atom stereocenters. The average Bonchev–Trinajstić information content (AvgIpc) is 2.92. The van der Waals surface area contributed by atoms with Crippen molar-refractivity contribution in [3.63, 3.8) is 0 Å². The summed E-state index contributed by atoms with van der Waals surface area (Å²) in [7, 11) is 0. The molecular weight excluding hydrogens is 282 g/mol. The van der Waals surface area contributed by atoms with Gasteiger partial charge in [-0.2, -0.15) is 0 Å². The Bertz CT molecular complexity index is 427. The minimum atomic E-state index is 0.296. The van der Waals surface area contributed by atoms with E-state index in [1.807, 2.05) is 0 Å². The Morgan fingerprint density at radius 1 is 1.14 bits per heavy atom. The molecule has 1 rings (SSSR count). The number of aromatic nitrogens is 1. The van der Waals surface area contributed by atoms with Gasteiger partial charge in [0.2, 0.25) is 0 Å². The van der Waals surface area contributed by atoms with Gasteiger partial charge in [0.1, 0.15) is 0 Å². The van der Waals surface area contributed by atoms with Crippen LogP contribution in [0.3, 0.4) is 0 Å². The number of carbonyl (C=O) groups is 1. The summed E-state index contributed by atoms with van der Waals surface area (Å²) in [5.41, 5.74) is 0.937. The molecule has 0 N–H and O–H groups in total. The molecule has 1 heterocycles. The lowest BCUT2D eigenvalue weighted by Gasteiger charge is -2.23. The van der Waals surface area contributed by atoms with Crippen molar-refractivity contribution in [1.29, 1.82) is 0 Å². The van der Waals surface area contributed by atoms with E-state index in [1.165, 1.54) is 11.3 Å². The van der Waals surface area contributed by atoms with Crippen molar-refractivity contribution in [1.82, 2.24) is 9.88 Å². The second kappa shape index (κ2) is 9.15. The fourth-order valence-corrected chi connectivity index (χ4v) is 3.50. The smallest absolute Gasteiger partial charge is 0.186 e. The number of nitrogens with zero attached hydrogens (tertiary/aromatic N) is 3. The standard InChI is InChI=1S/C16H29N3OS/c1-6-18(7-2)10-9-11-19(8-3)16-17-15(13(4)5)14(12-20)21-16/h12-13H,6-11H2,1-5H3. The molecule has 0 saturated carbocycles. The van der Waals surface area contributed by atoms with E-state index in [1.54, 1.807) is 0 Å². The summed E-state index contributed by atoms with van der Waals surface area (Å²) in [5, 5.41) is 0.989. The van der Waals surface area contributed by atoms with Crippen LogP contribution in [0.2, 0.25) is 0 Å². The molecule has 4 nitrogen and oxygen atoms in total. The van der Waals surface area contributed by atoms with Gasteiger partial charge in [0.05, 0.1) is 10.6 Å². The second-order valence-electron chi connectivity index (χ2n) is 5.48. The van der Waals surface area contributed by atoms with Crippen LogP contribution in [0.1, 0.15) is 62.3 Å². The van der Waals surface area contributed by atoms with E-state index in [2.05, 4.69) is 49.4 Å². The third-order valence-electron chi connectivity index (χ3n) is 3.77. The van der Waals surface area contributed by atoms with Crippen molar-refractivity contribution in [2.24, 2.45) is 0 Å². The van der Waals surface area contributed by atoms with E-state index >= 15 is 0 Å². The molecule has 0 unspecified atom stereocenters. The van der Waals surface area contributed by atoms with Gasteiger partial charge in [-0.25, -0.2) is 4.98 Å². The highest BCUT2D eigenvalue weighted by atomic mass is 32.1. The van der Waals surface area contributed by atoms with Gasteiger partial charge in [-0.3, -0.25) is 4.79 Å². The van der Waals surface area contributed by atoms with E-state index in [9.17, 15) is 4.79 Å². The maximum Gasteiger partial charge on any atom is 0.186 e. The number of hydrogen-bond acceptors (Lipinski definition) is 5. The first-order valence-corrected chi connectivity index (χ1v) is 8.82. The van der Waals surface area contributed by atoms with Gasteiger partial charge in [0, 0.05) is 13.1 Å². The summed E-state index contributed by atoms with van der Waals surface area (Å²) in [5.74, 6) is 0.296. The van der Waals surface area contributed by atoms with Crippen LogP contribution in [0, 0.1) is 0 Å². The fraction of sp³-hybridized carbons (Fsp3) is 0.750. The Labute approximate surface area is 133 Å². The van der Waals surface area contributed by atoms with Crippen LogP contribution in [0.4, 0.5) is 5.13 Å². The second-order valence-corrected chi connectivity index (χ2v) is 6.49. The van der Waals surface area contributed by atoms with Crippen LogP contribution in [-0.2, 0) is 0 Å². The Morgan fingerprint density at radius 2 is 1.81 bits per heavy atom. The number of rotatable bonds is 10. The molecule has 1 aromatic heterocycles. The number of thiazole rings is 1. The number of hydrogen-bond donors (Lipinski definition) is 0. The van der Waals surface area contributed by atoms with E-state index in [0.29, 0.717) is 5.92 Å². The van der Waals surface area contributed by atoms with Crippen LogP contribution in [0.15, 0.2) is 0 Å². The summed E-state index contributed by atoms with van der Waals surface area (Å²) in [6.07, 6.45) is 2.07. The van der Waals surface area contributed by atoms with Crippen molar-refractivity contribution >= 4 is 22.8 Å². The zero-order chi connectivity index (χ0) is 15.8. The third-order valence-corrected chi connectivity index (χ3v) is 4.83. The summed E-state index contributed by atoms with van der Waals surface area (Å²) in [4.78, 5) is 21.4. The highest BCUT2D eigenvalue weighted by molar-refractivity contribution is 7.17. The van der Waals surface area contributed by atoms with Crippen LogP contribution < -0.4 is 4.90 Å². The van der Waals surface area contributed by atoms with E-state index in [4.69, 9.17) is 0 Å².